The average molecular weight is 340 g/mol. The van der Waals surface area contributed by atoms with Crippen molar-refractivity contribution in [2.75, 3.05) is 0 Å². The first-order chi connectivity index (χ1) is 11.8. The predicted octanol–water partition coefficient (Wildman–Crippen LogP) is 4.48. The number of amides is 1. The van der Waals surface area contributed by atoms with Gasteiger partial charge in [0.05, 0.1) is 12.5 Å². The molecule has 0 radical (unpaired) electrons. The standard InChI is InChI=1S/C19H20N2O2S/c22-18(12-15-14-8-3-4-9-16(14)23-21-15)20-19(13-6-1-2-7-13)17-10-5-11-24-17/h3-5,8-11,13,19H,1-2,6-7,12H2,(H,20,22)/t19-/m1/s1. The Morgan fingerprint density at radius 1 is 1.25 bits per heavy atom. The quantitative estimate of drug-likeness (QED) is 0.745. The SMILES string of the molecule is O=C(Cc1noc2ccccc12)N[C@@H](c1cccs1)C1CCCC1. The molecule has 2 heterocycles. The smallest absolute Gasteiger partial charge is 0.226 e. The third-order valence-corrected chi connectivity index (χ3v) is 5.77. The Morgan fingerprint density at radius 3 is 2.88 bits per heavy atom. The van der Waals surface area contributed by atoms with Crippen molar-refractivity contribution in [2.45, 2.75) is 38.1 Å². The summed E-state index contributed by atoms with van der Waals surface area (Å²) in [6, 6.07) is 12.0. The molecular formula is C19H20N2O2S. The molecule has 24 heavy (non-hydrogen) atoms. The molecule has 4 nitrogen and oxygen atoms in total. The first-order valence-corrected chi connectivity index (χ1v) is 9.35. The maximum atomic E-state index is 12.6. The highest BCUT2D eigenvalue weighted by molar-refractivity contribution is 7.10. The molecule has 1 N–H and O–H groups in total. The van der Waals surface area contributed by atoms with Crippen molar-refractivity contribution in [3.05, 3.63) is 52.3 Å². The maximum absolute atomic E-state index is 12.6. The number of fused-ring (bicyclic) bond motifs is 1. The highest BCUT2D eigenvalue weighted by atomic mass is 32.1. The predicted molar refractivity (Wildman–Crippen MR) is 94.9 cm³/mol. The van der Waals surface area contributed by atoms with Crippen LogP contribution in [0.4, 0.5) is 0 Å². The minimum absolute atomic E-state index is 0.0133. The fourth-order valence-electron chi connectivity index (χ4n) is 3.62. The van der Waals surface area contributed by atoms with E-state index < -0.39 is 0 Å². The lowest BCUT2D eigenvalue weighted by Crippen LogP contribution is -2.33. The Kier molecular flexibility index (Phi) is 4.34. The van der Waals surface area contributed by atoms with Gasteiger partial charge in [-0.2, -0.15) is 0 Å². The first-order valence-electron chi connectivity index (χ1n) is 8.47. The second kappa shape index (κ2) is 6.77. The zero-order valence-corrected chi connectivity index (χ0v) is 14.2. The van der Waals surface area contributed by atoms with E-state index in [2.05, 4.69) is 28.0 Å². The van der Waals surface area contributed by atoms with Crippen LogP contribution in [-0.2, 0) is 11.2 Å². The van der Waals surface area contributed by atoms with Crippen LogP contribution in [0, 0.1) is 5.92 Å². The number of aromatic nitrogens is 1. The molecule has 1 aliphatic carbocycles. The molecule has 0 unspecified atom stereocenters. The number of hydrogen-bond donors (Lipinski definition) is 1. The van der Waals surface area contributed by atoms with E-state index in [0.717, 1.165) is 11.0 Å². The van der Waals surface area contributed by atoms with Gasteiger partial charge in [0.25, 0.3) is 0 Å². The van der Waals surface area contributed by atoms with Gasteiger partial charge < -0.3 is 9.84 Å². The van der Waals surface area contributed by atoms with Crippen LogP contribution in [0.2, 0.25) is 0 Å². The molecule has 124 valence electrons. The van der Waals surface area contributed by atoms with Crippen molar-refractivity contribution < 1.29 is 9.32 Å². The summed E-state index contributed by atoms with van der Waals surface area (Å²) in [6.45, 7) is 0. The minimum atomic E-state index is 0.0133. The van der Waals surface area contributed by atoms with Crippen LogP contribution in [-0.4, -0.2) is 11.1 Å². The Balaban J connectivity index is 1.51. The van der Waals surface area contributed by atoms with Gasteiger partial charge in [0.15, 0.2) is 5.58 Å². The van der Waals surface area contributed by atoms with Crippen LogP contribution in [0.15, 0.2) is 46.3 Å². The molecule has 0 bridgehead atoms. The van der Waals surface area contributed by atoms with Crippen molar-refractivity contribution >= 4 is 28.2 Å². The van der Waals surface area contributed by atoms with Gasteiger partial charge in [-0.1, -0.05) is 36.2 Å². The molecule has 1 fully saturated rings. The molecule has 3 aromatic rings. The Bertz CT molecular complexity index is 819. The monoisotopic (exact) mass is 340 g/mol. The molecular weight excluding hydrogens is 320 g/mol. The number of thiophene rings is 1. The largest absolute Gasteiger partial charge is 0.356 e. The summed E-state index contributed by atoms with van der Waals surface area (Å²) in [7, 11) is 0. The molecule has 1 saturated carbocycles. The van der Waals surface area contributed by atoms with Crippen molar-refractivity contribution in [3.63, 3.8) is 0 Å². The zero-order chi connectivity index (χ0) is 16.4. The van der Waals surface area contributed by atoms with E-state index >= 15 is 0 Å². The van der Waals surface area contributed by atoms with Gasteiger partial charge in [0.1, 0.15) is 5.69 Å². The number of nitrogens with zero attached hydrogens (tertiary/aromatic N) is 1. The zero-order valence-electron chi connectivity index (χ0n) is 13.4. The van der Waals surface area contributed by atoms with Gasteiger partial charge in [0, 0.05) is 10.3 Å². The molecule has 1 aliphatic rings. The number of carbonyl (C=O) groups is 1. The summed E-state index contributed by atoms with van der Waals surface area (Å²) in [6.07, 6.45) is 5.16. The molecule has 1 aromatic carbocycles. The van der Waals surface area contributed by atoms with E-state index in [1.165, 1.54) is 30.6 Å². The number of carbonyl (C=O) groups excluding carboxylic acids is 1. The summed E-state index contributed by atoms with van der Waals surface area (Å²) in [5, 5.41) is 10.3. The van der Waals surface area contributed by atoms with Crippen LogP contribution < -0.4 is 5.32 Å². The topological polar surface area (TPSA) is 55.1 Å². The summed E-state index contributed by atoms with van der Waals surface area (Å²) in [5.74, 6) is 0.556. The molecule has 5 heteroatoms. The molecule has 2 aromatic heterocycles. The maximum Gasteiger partial charge on any atom is 0.226 e. The summed E-state index contributed by atoms with van der Waals surface area (Å²) >= 11 is 1.72. The van der Waals surface area contributed by atoms with Crippen LogP contribution in [0.25, 0.3) is 11.0 Å². The summed E-state index contributed by atoms with van der Waals surface area (Å²) < 4.78 is 5.30. The lowest BCUT2D eigenvalue weighted by molar-refractivity contribution is -0.121. The Hall–Kier alpha value is -2.14. The molecule has 1 amide bonds. The van der Waals surface area contributed by atoms with Gasteiger partial charge in [-0.15, -0.1) is 11.3 Å². The highest BCUT2D eigenvalue weighted by Gasteiger charge is 2.28. The van der Waals surface area contributed by atoms with E-state index in [4.69, 9.17) is 4.52 Å². The number of benzene rings is 1. The van der Waals surface area contributed by atoms with Crippen molar-refractivity contribution in [1.29, 1.82) is 0 Å². The molecule has 4 rings (SSSR count). The molecule has 0 aliphatic heterocycles. The van der Waals surface area contributed by atoms with Crippen LogP contribution in [0.1, 0.15) is 42.3 Å². The van der Waals surface area contributed by atoms with E-state index in [9.17, 15) is 4.79 Å². The van der Waals surface area contributed by atoms with E-state index in [-0.39, 0.29) is 18.4 Å². The number of nitrogens with one attached hydrogen (secondary N) is 1. The fraction of sp³-hybridized carbons (Fsp3) is 0.368. The van der Waals surface area contributed by atoms with Gasteiger partial charge in [-0.25, -0.2) is 0 Å². The normalized spacial score (nSPS) is 16.5. The van der Waals surface area contributed by atoms with Gasteiger partial charge in [0.2, 0.25) is 5.91 Å². The van der Waals surface area contributed by atoms with Crippen molar-refractivity contribution in [1.82, 2.24) is 10.5 Å². The second-order valence-corrected chi connectivity index (χ2v) is 7.39. The van der Waals surface area contributed by atoms with E-state index in [1.54, 1.807) is 11.3 Å². The van der Waals surface area contributed by atoms with E-state index in [1.807, 2.05) is 24.3 Å². The number of hydrogen-bond acceptors (Lipinski definition) is 4. The number of rotatable bonds is 5. The van der Waals surface area contributed by atoms with Gasteiger partial charge >= 0.3 is 0 Å². The van der Waals surface area contributed by atoms with Gasteiger partial charge in [-0.3, -0.25) is 4.79 Å². The van der Waals surface area contributed by atoms with Crippen molar-refractivity contribution in [2.24, 2.45) is 5.92 Å². The fourth-order valence-corrected chi connectivity index (χ4v) is 4.49. The Morgan fingerprint density at radius 2 is 2.08 bits per heavy atom. The lowest BCUT2D eigenvalue weighted by atomic mass is 9.96. The molecule has 0 spiro atoms. The first kappa shape index (κ1) is 15.4. The average Bonchev–Trinajstić information content (AvgIpc) is 3.35. The van der Waals surface area contributed by atoms with Crippen LogP contribution >= 0.6 is 11.3 Å². The third kappa shape index (κ3) is 3.08. The summed E-state index contributed by atoms with van der Waals surface area (Å²) in [4.78, 5) is 13.9. The van der Waals surface area contributed by atoms with Crippen molar-refractivity contribution in [3.8, 4) is 0 Å². The lowest BCUT2D eigenvalue weighted by Gasteiger charge is -2.23. The van der Waals surface area contributed by atoms with Gasteiger partial charge in [-0.05, 0) is 42.3 Å². The molecule has 0 saturated heterocycles. The van der Waals surface area contributed by atoms with Crippen LogP contribution in [0.5, 0.6) is 0 Å². The Labute approximate surface area is 144 Å². The third-order valence-electron chi connectivity index (χ3n) is 4.82. The molecule has 1 atom stereocenters. The second-order valence-electron chi connectivity index (χ2n) is 6.41. The minimum Gasteiger partial charge on any atom is -0.356 e. The highest BCUT2D eigenvalue weighted by Crippen LogP contribution is 2.37. The summed E-state index contributed by atoms with van der Waals surface area (Å²) in [5.41, 5.74) is 1.44. The van der Waals surface area contributed by atoms with E-state index in [0.29, 0.717) is 11.6 Å². The van der Waals surface area contributed by atoms with Crippen LogP contribution in [0.3, 0.4) is 0 Å². The number of para-hydroxylation sites is 1.